The van der Waals surface area contributed by atoms with Crippen molar-refractivity contribution in [3.8, 4) is 0 Å². The van der Waals surface area contributed by atoms with E-state index in [4.69, 9.17) is 10.1 Å². The molecular formula is C16H20N4O2. The summed E-state index contributed by atoms with van der Waals surface area (Å²) in [6.07, 6.45) is 3.50. The Balaban J connectivity index is 2.06. The normalized spacial score (nSPS) is 15.0. The van der Waals surface area contributed by atoms with E-state index in [1.54, 1.807) is 11.9 Å². The molecule has 0 amide bonds. The first-order chi connectivity index (χ1) is 10.6. The number of para-hydroxylation sites is 2. The first-order valence-electron chi connectivity index (χ1n) is 7.60. The first kappa shape index (κ1) is 14.6. The van der Waals surface area contributed by atoms with E-state index in [9.17, 15) is 4.79 Å². The lowest BCUT2D eigenvalue weighted by molar-refractivity contribution is -0.135. The van der Waals surface area contributed by atoms with Gasteiger partial charge >= 0.3 is 5.97 Å². The van der Waals surface area contributed by atoms with Gasteiger partial charge in [0, 0.05) is 20.1 Å². The Morgan fingerprint density at radius 1 is 1.18 bits per heavy atom. The van der Waals surface area contributed by atoms with Crippen LogP contribution >= 0.6 is 0 Å². The van der Waals surface area contributed by atoms with Gasteiger partial charge in [-0.3, -0.25) is 4.79 Å². The zero-order valence-corrected chi connectivity index (χ0v) is 12.7. The summed E-state index contributed by atoms with van der Waals surface area (Å²) < 4.78 is 0. The molecule has 0 saturated carbocycles. The number of carboxylic acid groups (broad SMARTS) is 1. The van der Waals surface area contributed by atoms with E-state index < -0.39 is 5.97 Å². The Kier molecular flexibility index (Phi) is 4.09. The molecule has 6 nitrogen and oxygen atoms in total. The van der Waals surface area contributed by atoms with Crippen LogP contribution in [0.2, 0.25) is 0 Å². The van der Waals surface area contributed by atoms with Crippen LogP contribution in [0.5, 0.6) is 0 Å². The minimum absolute atomic E-state index is 0.0894. The molecule has 3 rings (SSSR count). The average molecular weight is 300 g/mol. The quantitative estimate of drug-likeness (QED) is 0.933. The van der Waals surface area contributed by atoms with Crippen LogP contribution in [0, 0.1) is 0 Å². The average Bonchev–Trinajstić information content (AvgIpc) is 2.54. The molecule has 1 fully saturated rings. The van der Waals surface area contributed by atoms with Gasteiger partial charge in [-0.1, -0.05) is 12.1 Å². The predicted molar refractivity (Wildman–Crippen MR) is 86.5 cm³/mol. The number of fused-ring (bicyclic) bond motifs is 1. The molecule has 1 aromatic heterocycles. The molecule has 2 aromatic rings. The molecule has 1 aliphatic heterocycles. The van der Waals surface area contributed by atoms with Crippen molar-refractivity contribution in [1.82, 2.24) is 9.97 Å². The van der Waals surface area contributed by atoms with E-state index in [-0.39, 0.29) is 6.54 Å². The molecule has 1 N–H and O–H groups in total. The lowest BCUT2D eigenvalue weighted by Crippen LogP contribution is -2.34. The van der Waals surface area contributed by atoms with Crippen LogP contribution in [0.3, 0.4) is 0 Å². The third-order valence-electron chi connectivity index (χ3n) is 3.92. The minimum atomic E-state index is -0.873. The maximum atomic E-state index is 11.0. The molecule has 6 heteroatoms. The van der Waals surface area contributed by atoms with E-state index >= 15 is 0 Å². The van der Waals surface area contributed by atoms with Crippen LogP contribution in [-0.2, 0) is 4.79 Å². The Bertz CT molecular complexity index is 683. The van der Waals surface area contributed by atoms with Crippen molar-refractivity contribution in [3.05, 3.63) is 24.3 Å². The highest BCUT2D eigenvalue weighted by molar-refractivity contribution is 5.82. The highest BCUT2D eigenvalue weighted by Crippen LogP contribution is 2.29. The molecule has 0 atom stereocenters. The zero-order valence-electron chi connectivity index (χ0n) is 12.7. The van der Waals surface area contributed by atoms with Crippen LogP contribution in [0.4, 0.5) is 11.6 Å². The maximum Gasteiger partial charge on any atom is 0.323 e. The maximum absolute atomic E-state index is 11.0. The fraction of sp³-hybridized carbons (Fsp3) is 0.438. The van der Waals surface area contributed by atoms with Gasteiger partial charge in [0.15, 0.2) is 11.6 Å². The Morgan fingerprint density at radius 3 is 2.45 bits per heavy atom. The molecule has 2 heterocycles. The number of rotatable bonds is 4. The van der Waals surface area contributed by atoms with Crippen molar-refractivity contribution in [2.24, 2.45) is 0 Å². The van der Waals surface area contributed by atoms with Crippen molar-refractivity contribution in [2.75, 3.05) is 36.5 Å². The Morgan fingerprint density at radius 2 is 1.82 bits per heavy atom. The van der Waals surface area contributed by atoms with Gasteiger partial charge < -0.3 is 14.9 Å². The van der Waals surface area contributed by atoms with Crippen LogP contribution in [-0.4, -0.2) is 47.7 Å². The lowest BCUT2D eigenvalue weighted by Gasteiger charge is -2.31. The lowest BCUT2D eigenvalue weighted by atomic mass is 10.1. The topological polar surface area (TPSA) is 69.6 Å². The molecular weight excluding hydrogens is 280 g/mol. The molecule has 1 saturated heterocycles. The summed E-state index contributed by atoms with van der Waals surface area (Å²) in [5, 5.41) is 9.06. The van der Waals surface area contributed by atoms with Gasteiger partial charge in [-0.25, -0.2) is 9.97 Å². The highest BCUT2D eigenvalue weighted by Gasteiger charge is 2.21. The smallest absolute Gasteiger partial charge is 0.323 e. The predicted octanol–water partition coefficient (Wildman–Crippen LogP) is 2.14. The third kappa shape index (κ3) is 2.95. The molecule has 0 bridgehead atoms. The van der Waals surface area contributed by atoms with Crippen LogP contribution < -0.4 is 9.80 Å². The monoisotopic (exact) mass is 300 g/mol. The van der Waals surface area contributed by atoms with E-state index in [1.807, 2.05) is 24.3 Å². The van der Waals surface area contributed by atoms with E-state index in [0.29, 0.717) is 5.82 Å². The van der Waals surface area contributed by atoms with Gasteiger partial charge in [0.2, 0.25) is 0 Å². The number of aromatic nitrogens is 2. The van der Waals surface area contributed by atoms with Crippen molar-refractivity contribution >= 4 is 28.6 Å². The summed E-state index contributed by atoms with van der Waals surface area (Å²) >= 11 is 0. The number of hydrogen-bond acceptors (Lipinski definition) is 5. The number of aliphatic carboxylic acids is 1. The van der Waals surface area contributed by atoms with Gasteiger partial charge in [-0.15, -0.1) is 0 Å². The number of likely N-dealkylation sites (N-methyl/N-ethyl adjacent to an activating group) is 1. The SMILES string of the molecule is CN(CC(=O)O)c1nc2ccccc2nc1N1CCCCC1. The number of nitrogens with zero attached hydrogens (tertiary/aromatic N) is 4. The summed E-state index contributed by atoms with van der Waals surface area (Å²) in [4.78, 5) is 24.3. The molecule has 1 aromatic carbocycles. The molecule has 0 unspecified atom stereocenters. The zero-order chi connectivity index (χ0) is 15.5. The summed E-state index contributed by atoms with van der Waals surface area (Å²) in [5.74, 6) is 0.562. The largest absolute Gasteiger partial charge is 0.480 e. The van der Waals surface area contributed by atoms with Gasteiger partial charge in [-0.05, 0) is 31.4 Å². The van der Waals surface area contributed by atoms with Crippen molar-refractivity contribution < 1.29 is 9.90 Å². The van der Waals surface area contributed by atoms with Crippen LogP contribution in [0.15, 0.2) is 24.3 Å². The second kappa shape index (κ2) is 6.17. The second-order valence-electron chi connectivity index (χ2n) is 5.66. The summed E-state index contributed by atoms with van der Waals surface area (Å²) in [5.41, 5.74) is 1.63. The molecule has 22 heavy (non-hydrogen) atoms. The van der Waals surface area contributed by atoms with Crippen molar-refractivity contribution in [1.29, 1.82) is 0 Å². The minimum Gasteiger partial charge on any atom is -0.480 e. The molecule has 116 valence electrons. The van der Waals surface area contributed by atoms with Crippen LogP contribution in [0.25, 0.3) is 11.0 Å². The summed E-state index contributed by atoms with van der Waals surface area (Å²) in [7, 11) is 1.75. The van der Waals surface area contributed by atoms with E-state index in [2.05, 4.69) is 9.88 Å². The third-order valence-corrected chi connectivity index (χ3v) is 3.92. The Labute approximate surface area is 129 Å². The van der Waals surface area contributed by atoms with Crippen LogP contribution in [0.1, 0.15) is 19.3 Å². The van der Waals surface area contributed by atoms with Crippen molar-refractivity contribution in [3.63, 3.8) is 0 Å². The van der Waals surface area contributed by atoms with E-state index in [1.165, 1.54) is 6.42 Å². The van der Waals surface area contributed by atoms with Gasteiger partial charge in [-0.2, -0.15) is 0 Å². The number of anilines is 2. The number of hydrogen-bond donors (Lipinski definition) is 1. The fourth-order valence-electron chi connectivity index (χ4n) is 2.83. The molecule has 0 radical (unpaired) electrons. The number of benzene rings is 1. The van der Waals surface area contributed by atoms with Crippen molar-refractivity contribution in [2.45, 2.75) is 19.3 Å². The van der Waals surface area contributed by atoms with Gasteiger partial charge in [0.25, 0.3) is 0 Å². The summed E-state index contributed by atoms with van der Waals surface area (Å²) in [6.45, 7) is 1.80. The standard InChI is InChI=1S/C16H20N4O2/c1-19(11-14(21)22)15-16(20-9-5-2-6-10-20)18-13-8-4-3-7-12(13)17-15/h3-4,7-8H,2,5-6,9-11H2,1H3,(H,21,22). The number of carbonyl (C=O) groups is 1. The number of carboxylic acids is 1. The number of piperidine rings is 1. The molecule has 1 aliphatic rings. The Hall–Kier alpha value is -2.37. The summed E-state index contributed by atoms with van der Waals surface area (Å²) in [6, 6.07) is 7.70. The van der Waals surface area contributed by atoms with E-state index in [0.717, 1.165) is 42.8 Å². The molecule has 0 spiro atoms. The first-order valence-corrected chi connectivity index (χ1v) is 7.60. The fourth-order valence-corrected chi connectivity index (χ4v) is 2.83. The molecule has 0 aliphatic carbocycles. The van der Waals surface area contributed by atoms with Gasteiger partial charge in [0.1, 0.15) is 6.54 Å². The highest BCUT2D eigenvalue weighted by atomic mass is 16.4. The van der Waals surface area contributed by atoms with Gasteiger partial charge in [0.05, 0.1) is 11.0 Å². The second-order valence-corrected chi connectivity index (χ2v) is 5.66.